The molecule has 4 aromatic rings. The van der Waals surface area contributed by atoms with E-state index in [1.807, 2.05) is 64.1 Å². The minimum Gasteiger partial charge on any atom is -0.280 e. The maximum atomic E-state index is 13.0. The third kappa shape index (κ3) is 5.76. The van der Waals surface area contributed by atoms with Crippen LogP contribution >= 0.6 is 0 Å². The molecule has 0 saturated heterocycles. The van der Waals surface area contributed by atoms with Crippen LogP contribution < -0.4 is 9.44 Å². The lowest BCUT2D eigenvalue weighted by Gasteiger charge is -2.14. The molecule has 0 fully saturated rings. The first-order chi connectivity index (χ1) is 17.8. The number of hydrogen-bond donors (Lipinski definition) is 2. The van der Waals surface area contributed by atoms with Crippen molar-refractivity contribution < 1.29 is 16.8 Å². The summed E-state index contributed by atoms with van der Waals surface area (Å²) < 4.78 is 57.3. The molecule has 2 N–H and O–H groups in total. The molecule has 38 heavy (non-hydrogen) atoms. The maximum Gasteiger partial charge on any atom is 0.262 e. The SMILES string of the molecule is Cc1cc(C)c(S(=O)(=O)Nc2ccc(-c3ccc(NS(=O)(=O)c4cc(C)c(C)cc4C)cc3)cc2)cc1C. The van der Waals surface area contributed by atoms with Crippen molar-refractivity contribution in [2.75, 3.05) is 9.44 Å². The molecule has 198 valence electrons. The lowest BCUT2D eigenvalue weighted by Crippen LogP contribution is -2.15. The van der Waals surface area contributed by atoms with Crippen LogP contribution in [0.15, 0.2) is 82.6 Å². The van der Waals surface area contributed by atoms with Crippen LogP contribution in [0.1, 0.15) is 33.4 Å². The van der Waals surface area contributed by atoms with Crippen molar-refractivity contribution in [3.8, 4) is 11.1 Å². The van der Waals surface area contributed by atoms with Crippen molar-refractivity contribution in [1.82, 2.24) is 0 Å². The Morgan fingerprint density at radius 2 is 0.711 bits per heavy atom. The highest BCUT2D eigenvalue weighted by molar-refractivity contribution is 7.93. The maximum absolute atomic E-state index is 13.0. The lowest BCUT2D eigenvalue weighted by molar-refractivity contribution is 0.598. The summed E-state index contributed by atoms with van der Waals surface area (Å²) in [6.45, 7) is 11.3. The van der Waals surface area contributed by atoms with Crippen LogP contribution in [0.5, 0.6) is 0 Å². The summed E-state index contributed by atoms with van der Waals surface area (Å²) in [6.07, 6.45) is 0. The second-order valence-electron chi connectivity index (χ2n) is 9.77. The molecule has 0 spiro atoms. The van der Waals surface area contributed by atoms with Crippen LogP contribution in [-0.4, -0.2) is 16.8 Å². The Kier molecular flexibility index (Phi) is 7.41. The number of benzene rings is 4. The Bertz CT molecular complexity index is 1590. The van der Waals surface area contributed by atoms with Gasteiger partial charge in [-0.2, -0.15) is 0 Å². The number of rotatable bonds is 7. The van der Waals surface area contributed by atoms with Gasteiger partial charge in [-0.1, -0.05) is 36.4 Å². The number of anilines is 2. The average molecular weight is 549 g/mol. The van der Waals surface area contributed by atoms with E-state index in [0.29, 0.717) is 22.5 Å². The van der Waals surface area contributed by atoms with Crippen LogP contribution in [0.2, 0.25) is 0 Å². The molecule has 0 aliphatic rings. The lowest BCUT2D eigenvalue weighted by atomic mass is 10.1. The highest BCUT2D eigenvalue weighted by Gasteiger charge is 2.19. The minimum atomic E-state index is -3.73. The van der Waals surface area contributed by atoms with E-state index in [9.17, 15) is 16.8 Å². The Balaban J connectivity index is 1.50. The fraction of sp³-hybridized carbons (Fsp3) is 0.200. The Labute approximate surface area is 225 Å². The topological polar surface area (TPSA) is 92.3 Å². The summed E-state index contributed by atoms with van der Waals surface area (Å²) in [5.74, 6) is 0. The second kappa shape index (κ2) is 10.3. The van der Waals surface area contributed by atoms with Crippen molar-refractivity contribution >= 4 is 31.4 Å². The van der Waals surface area contributed by atoms with Crippen molar-refractivity contribution in [2.24, 2.45) is 0 Å². The van der Waals surface area contributed by atoms with E-state index >= 15 is 0 Å². The fourth-order valence-corrected chi connectivity index (χ4v) is 7.07. The molecule has 4 rings (SSSR count). The summed E-state index contributed by atoms with van der Waals surface area (Å²) in [5.41, 5.74) is 7.97. The second-order valence-corrected chi connectivity index (χ2v) is 13.1. The fourth-order valence-electron chi connectivity index (χ4n) is 4.33. The monoisotopic (exact) mass is 548 g/mol. The van der Waals surface area contributed by atoms with Crippen LogP contribution in [0, 0.1) is 41.5 Å². The molecule has 0 bridgehead atoms. The van der Waals surface area contributed by atoms with Crippen molar-refractivity contribution in [2.45, 2.75) is 51.3 Å². The molecule has 0 atom stereocenters. The summed E-state index contributed by atoms with van der Waals surface area (Å²) in [6, 6.07) is 21.3. The van der Waals surface area contributed by atoms with Gasteiger partial charge in [0.25, 0.3) is 20.0 Å². The molecule has 8 heteroatoms. The zero-order valence-corrected chi connectivity index (χ0v) is 24.0. The number of sulfonamides is 2. The van der Waals surface area contributed by atoms with Gasteiger partial charge in [-0.05, 0) is 122 Å². The molecule has 0 aliphatic carbocycles. The van der Waals surface area contributed by atoms with Gasteiger partial charge in [0.1, 0.15) is 0 Å². The van der Waals surface area contributed by atoms with Gasteiger partial charge in [-0.25, -0.2) is 16.8 Å². The first kappa shape index (κ1) is 27.4. The number of hydrogen-bond acceptors (Lipinski definition) is 4. The summed E-state index contributed by atoms with van der Waals surface area (Å²) in [5, 5.41) is 0. The molecule has 0 amide bonds. The van der Waals surface area contributed by atoms with Crippen molar-refractivity contribution in [3.63, 3.8) is 0 Å². The van der Waals surface area contributed by atoms with E-state index in [1.165, 1.54) is 0 Å². The molecule has 0 saturated carbocycles. The molecule has 4 aromatic carbocycles. The molecule has 0 unspecified atom stereocenters. The van der Waals surface area contributed by atoms with Crippen molar-refractivity contribution in [1.29, 1.82) is 0 Å². The van der Waals surface area contributed by atoms with E-state index in [2.05, 4.69) is 9.44 Å². The molecule has 0 aliphatic heterocycles. The minimum absolute atomic E-state index is 0.263. The van der Waals surface area contributed by atoms with Crippen LogP contribution in [-0.2, 0) is 20.0 Å². The molecule has 0 radical (unpaired) electrons. The third-order valence-corrected chi connectivity index (χ3v) is 9.82. The largest absolute Gasteiger partial charge is 0.280 e. The normalized spacial score (nSPS) is 11.8. The molecule has 0 heterocycles. The predicted octanol–water partition coefficient (Wildman–Crippen LogP) is 6.81. The Morgan fingerprint density at radius 1 is 0.421 bits per heavy atom. The van der Waals surface area contributed by atoms with E-state index in [4.69, 9.17) is 0 Å². The number of nitrogens with one attached hydrogen (secondary N) is 2. The predicted molar refractivity (Wildman–Crippen MR) is 155 cm³/mol. The summed E-state index contributed by atoms with van der Waals surface area (Å²) in [7, 11) is -7.46. The van der Waals surface area contributed by atoms with Crippen LogP contribution in [0.25, 0.3) is 11.1 Å². The van der Waals surface area contributed by atoms with Gasteiger partial charge in [0.15, 0.2) is 0 Å². The highest BCUT2D eigenvalue weighted by atomic mass is 32.2. The first-order valence-corrected chi connectivity index (χ1v) is 15.2. The smallest absolute Gasteiger partial charge is 0.262 e. The summed E-state index contributed by atoms with van der Waals surface area (Å²) >= 11 is 0. The Hall–Kier alpha value is -3.62. The van der Waals surface area contributed by atoms with E-state index in [-0.39, 0.29) is 9.79 Å². The van der Waals surface area contributed by atoms with Gasteiger partial charge in [0.2, 0.25) is 0 Å². The van der Waals surface area contributed by atoms with Crippen molar-refractivity contribution in [3.05, 3.63) is 106 Å². The van der Waals surface area contributed by atoms with Gasteiger partial charge in [0.05, 0.1) is 9.79 Å². The van der Waals surface area contributed by atoms with Crippen LogP contribution in [0.4, 0.5) is 11.4 Å². The van der Waals surface area contributed by atoms with Crippen LogP contribution in [0.3, 0.4) is 0 Å². The van der Waals surface area contributed by atoms with Gasteiger partial charge in [0, 0.05) is 11.4 Å². The zero-order chi connectivity index (χ0) is 27.8. The molecule has 0 aromatic heterocycles. The zero-order valence-electron chi connectivity index (χ0n) is 22.4. The highest BCUT2D eigenvalue weighted by Crippen LogP contribution is 2.28. The summed E-state index contributed by atoms with van der Waals surface area (Å²) in [4.78, 5) is 0.525. The molecular weight excluding hydrogens is 516 g/mol. The molecule has 6 nitrogen and oxygen atoms in total. The quantitative estimate of drug-likeness (QED) is 0.265. The van der Waals surface area contributed by atoms with E-state index in [0.717, 1.165) is 33.4 Å². The van der Waals surface area contributed by atoms with E-state index < -0.39 is 20.0 Å². The Morgan fingerprint density at radius 3 is 1.03 bits per heavy atom. The van der Waals surface area contributed by atoms with Gasteiger partial charge < -0.3 is 0 Å². The van der Waals surface area contributed by atoms with Gasteiger partial charge in [-0.15, -0.1) is 0 Å². The first-order valence-electron chi connectivity index (χ1n) is 12.2. The van der Waals surface area contributed by atoms with Gasteiger partial charge in [-0.3, -0.25) is 9.44 Å². The standard InChI is InChI=1S/C30H32N2O4S2/c1-19-15-23(5)29(17-21(19)3)37(33,34)31-27-11-7-25(8-12-27)26-9-13-28(14-10-26)32-38(35,36)30-18-22(4)20(2)16-24(30)6/h7-18,31-32H,1-6H3. The molecular formula is C30H32N2O4S2. The third-order valence-electron chi connectivity index (χ3n) is 6.77. The van der Waals surface area contributed by atoms with E-state index in [1.54, 1.807) is 50.2 Å². The van der Waals surface area contributed by atoms with Gasteiger partial charge >= 0.3 is 0 Å². The average Bonchev–Trinajstić information content (AvgIpc) is 2.84. The number of aryl methyl sites for hydroxylation is 6.